The van der Waals surface area contributed by atoms with Crippen LogP contribution >= 0.6 is 0 Å². The average molecular weight is 193 g/mol. The first-order valence-electron chi connectivity index (χ1n) is 4.57. The molecule has 0 saturated carbocycles. The second-order valence-corrected chi connectivity index (χ2v) is 3.06. The number of alkyl halides is 2. The van der Waals surface area contributed by atoms with Crippen LogP contribution in [0.25, 0.3) is 0 Å². The van der Waals surface area contributed by atoms with E-state index in [-0.39, 0.29) is 18.4 Å². The lowest BCUT2D eigenvalue weighted by molar-refractivity contribution is -0.130. The fourth-order valence-electron chi connectivity index (χ4n) is 1.43. The zero-order chi connectivity index (χ0) is 10.6. The molecule has 0 aromatic rings. The highest BCUT2D eigenvalue weighted by Crippen LogP contribution is 2.31. The van der Waals surface area contributed by atoms with Crippen molar-refractivity contribution in [1.29, 1.82) is 0 Å². The SMILES string of the molecule is CC.CC(=O)N1CC(F)(F)CC1C. The van der Waals surface area contributed by atoms with Crippen LogP contribution in [-0.2, 0) is 4.79 Å². The van der Waals surface area contributed by atoms with E-state index in [1.165, 1.54) is 11.8 Å². The lowest BCUT2D eigenvalue weighted by Gasteiger charge is -2.17. The normalized spacial score (nSPS) is 25.1. The van der Waals surface area contributed by atoms with Gasteiger partial charge in [0, 0.05) is 19.4 Å². The third-order valence-corrected chi connectivity index (χ3v) is 1.93. The molecular formula is C9H17F2NO. The van der Waals surface area contributed by atoms with Gasteiger partial charge in [0.1, 0.15) is 0 Å². The summed E-state index contributed by atoms with van der Waals surface area (Å²) in [5, 5.41) is 0. The maximum Gasteiger partial charge on any atom is 0.267 e. The van der Waals surface area contributed by atoms with Gasteiger partial charge in [0.05, 0.1) is 6.54 Å². The Morgan fingerprint density at radius 1 is 1.46 bits per heavy atom. The number of likely N-dealkylation sites (tertiary alicyclic amines) is 1. The summed E-state index contributed by atoms with van der Waals surface area (Å²) in [7, 11) is 0. The maximum absolute atomic E-state index is 12.6. The monoisotopic (exact) mass is 193 g/mol. The van der Waals surface area contributed by atoms with Crippen molar-refractivity contribution >= 4 is 5.91 Å². The minimum absolute atomic E-state index is 0.202. The predicted molar refractivity (Wildman–Crippen MR) is 47.8 cm³/mol. The second kappa shape index (κ2) is 4.53. The van der Waals surface area contributed by atoms with Crippen molar-refractivity contribution < 1.29 is 13.6 Å². The van der Waals surface area contributed by atoms with Gasteiger partial charge in [-0.3, -0.25) is 4.79 Å². The van der Waals surface area contributed by atoms with Gasteiger partial charge in [-0.15, -0.1) is 0 Å². The summed E-state index contributed by atoms with van der Waals surface area (Å²) in [6.45, 7) is 6.55. The van der Waals surface area contributed by atoms with E-state index < -0.39 is 12.5 Å². The molecule has 0 bridgehead atoms. The molecule has 1 aliphatic heterocycles. The summed E-state index contributed by atoms with van der Waals surface area (Å²) < 4.78 is 25.2. The number of hydrogen-bond donors (Lipinski definition) is 0. The van der Waals surface area contributed by atoms with Crippen LogP contribution in [0.2, 0.25) is 0 Å². The van der Waals surface area contributed by atoms with Crippen molar-refractivity contribution in [1.82, 2.24) is 4.90 Å². The molecule has 1 saturated heterocycles. The minimum Gasteiger partial charge on any atom is -0.334 e. The zero-order valence-corrected chi connectivity index (χ0v) is 8.60. The molecule has 0 aromatic carbocycles. The average Bonchev–Trinajstić information content (AvgIpc) is 2.29. The summed E-state index contributed by atoms with van der Waals surface area (Å²) >= 11 is 0. The topological polar surface area (TPSA) is 20.3 Å². The fourth-order valence-corrected chi connectivity index (χ4v) is 1.43. The number of nitrogens with zero attached hydrogens (tertiary/aromatic N) is 1. The predicted octanol–water partition coefficient (Wildman–Crippen LogP) is 2.29. The van der Waals surface area contributed by atoms with Crippen molar-refractivity contribution in [3.63, 3.8) is 0 Å². The molecule has 0 radical (unpaired) electrons. The largest absolute Gasteiger partial charge is 0.334 e. The van der Waals surface area contributed by atoms with E-state index in [0.717, 1.165) is 0 Å². The lowest BCUT2D eigenvalue weighted by atomic mass is 10.2. The van der Waals surface area contributed by atoms with Crippen molar-refractivity contribution in [3.05, 3.63) is 0 Å². The summed E-state index contributed by atoms with van der Waals surface area (Å²) in [4.78, 5) is 11.9. The summed E-state index contributed by atoms with van der Waals surface area (Å²) in [6.07, 6.45) is -0.202. The van der Waals surface area contributed by atoms with Gasteiger partial charge in [-0.2, -0.15) is 0 Å². The van der Waals surface area contributed by atoms with E-state index in [1.807, 2.05) is 13.8 Å². The molecule has 2 nitrogen and oxygen atoms in total. The fraction of sp³-hybridized carbons (Fsp3) is 0.889. The van der Waals surface area contributed by atoms with Crippen LogP contribution in [0, 0.1) is 0 Å². The number of hydrogen-bond acceptors (Lipinski definition) is 1. The summed E-state index contributed by atoms with van der Waals surface area (Å²) in [5.74, 6) is -2.94. The number of amides is 1. The molecule has 1 unspecified atom stereocenters. The van der Waals surface area contributed by atoms with Crippen LogP contribution in [-0.4, -0.2) is 29.3 Å². The summed E-state index contributed by atoms with van der Waals surface area (Å²) in [6, 6.07) is -0.317. The van der Waals surface area contributed by atoms with E-state index in [4.69, 9.17) is 0 Å². The Balaban J connectivity index is 0.000000671. The third kappa shape index (κ3) is 3.28. The molecule has 4 heteroatoms. The van der Waals surface area contributed by atoms with Gasteiger partial charge in [-0.1, -0.05) is 13.8 Å². The molecule has 0 aliphatic carbocycles. The Hall–Kier alpha value is -0.670. The summed E-state index contributed by atoms with van der Waals surface area (Å²) in [5.41, 5.74) is 0. The third-order valence-electron chi connectivity index (χ3n) is 1.93. The Labute approximate surface area is 77.9 Å². The minimum atomic E-state index is -2.68. The van der Waals surface area contributed by atoms with Crippen LogP contribution < -0.4 is 0 Å². The van der Waals surface area contributed by atoms with Crippen LogP contribution in [0.4, 0.5) is 8.78 Å². The highest BCUT2D eigenvalue weighted by Gasteiger charge is 2.43. The molecule has 13 heavy (non-hydrogen) atoms. The van der Waals surface area contributed by atoms with Crippen molar-refractivity contribution in [2.24, 2.45) is 0 Å². The van der Waals surface area contributed by atoms with Crippen LogP contribution in [0.3, 0.4) is 0 Å². The molecule has 1 fully saturated rings. The van der Waals surface area contributed by atoms with Gasteiger partial charge in [-0.05, 0) is 6.92 Å². The van der Waals surface area contributed by atoms with Gasteiger partial charge in [-0.25, -0.2) is 8.78 Å². The second-order valence-electron chi connectivity index (χ2n) is 3.06. The van der Waals surface area contributed by atoms with Gasteiger partial charge in [0.25, 0.3) is 5.92 Å². The highest BCUT2D eigenvalue weighted by atomic mass is 19.3. The molecule has 1 amide bonds. The van der Waals surface area contributed by atoms with E-state index in [9.17, 15) is 13.6 Å². The van der Waals surface area contributed by atoms with E-state index >= 15 is 0 Å². The molecule has 0 N–H and O–H groups in total. The van der Waals surface area contributed by atoms with Gasteiger partial charge < -0.3 is 4.90 Å². The van der Waals surface area contributed by atoms with E-state index in [1.54, 1.807) is 6.92 Å². The standard InChI is InChI=1S/C7H11F2NO.C2H6/c1-5-3-7(8,9)4-10(5)6(2)11;1-2/h5H,3-4H2,1-2H3;1-2H3. The van der Waals surface area contributed by atoms with Crippen molar-refractivity contribution in [2.75, 3.05) is 6.54 Å². The molecule has 1 atom stereocenters. The van der Waals surface area contributed by atoms with Gasteiger partial charge in [0.15, 0.2) is 0 Å². The molecule has 0 aromatic heterocycles. The van der Waals surface area contributed by atoms with E-state index in [2.05, 4.69) is 0 Å². The Morgan fingerprint density at radius 2 is 1.92 bits per heavy atom. The first kappa shape index (κ1) is 12.3. The van der Waals surface area contributed by atoms with Crippen molar-refractivity contribution in [2.45, 2.75) is 46.1 Å². The number of halogens is 2. The van der Waals surface area contributed by atoms with E-state index in [0.29, 0.717) is 0 Å². The Bertz CT molecular complexity index is 182. The first-order valence-corrected chi connectivity index (χ1v) is 4.57. The van der Waals surface area contributed by atoms with Crippen LogP contribution in [0.1, 0.15) is 34.1 Å². The lowest BCUT2D eigenvalue weighted by Crippen LogP contribution is -2.33. The first-order chi connectivity index (χ1) is 5.92. The molecule has 1 aliphatic rings. The molecular weight excluding hydrogens is 176 g/mol. The maximum atomic E-state index is 12.6. The smallest absolute Gasteiger partial charge is 0.267 e. The highest BCUT2D eigenvalue weighted by molar-refractivity contribution is 5.74. The van der Waals surface area contributed by atoms with Crippen LogP contribution in [0.5, 0.6) is 0 Å². The number of carbonyl (C=O) groups excluding carboxylic acids is 1. The Morgan fingerprint density at radius 3 is 2.08 bits per heavy atom. The molecule has 1 rings (SSSR count). The molecule has 0 spiro atoms. The van der Waals surface area contributed by atoms with Gasteiger partial charge >= 0.3 is 0 Å². The van der Waals surface area contributed by atoms with Crippen LogP contribution in [0.15, 0.2) is 0 Å². The van der Waals surface area contributed by atoms with Crippen molar-refractivity contribution in [3.8, 4) is 0 Å². The molecule has 1 heterocycles. The Kier molecular flexibility index (Phi) is 4.30. The quantitative estimate of drug-likeness (QED) is 0.578. The number of rotatable bonds is 0. The number of carbonyl (C=O) groups is 1. The molecule has 78 valence electrons. The zero-order valence-electron chi connectivity index (χ0n) is 8.60. The van der Waals surface area contributed by atoms with Gasteiger partial charge in [0.2, 0.25) is 5.91 Å².